The lowest BCUT2D eigenvalue weighted by molar-refractivity contribution is -0.291. The van der Waals surface area contributed by atoms with Crippen molar-refractivity contribution in [2.24, 2.45) is 0 Å². The molecule has 2 aromatic rings. The average molecular weight is 595 g/mol. The van der Waals surface area contributed by atoms with Crippen molar-refractivity contribution in [2.45, 2.75) is 36.6 Å². The summed E-state index contributed by atoms with van der Waals surface area (Å²) in [5, 5.41) is 0. The number of ether oxygens (including phenoxy) is 1. The van der Waals surface area contributed by atoms with Crippen LogP contribution in [0.1, 0.15) is 23.2 Å². The van der Waals surface area contributed by atoms with Crippen LogP contribution in [0.25, 0.3) is 0 Å². The first kappa shape index (κ1) is 32.6. The Morgan fingerprint density at radius 3 is 1.32 bits per heavy atom. The maximum atomic E-state index is 14.1. The van der Waals surface area contributed by atoms with Gasteiger partial charge >= 0.3 is 12.4 Å². The summed E-state index contributed by atoms with van der Waals surface area (Å²) in [6.45, 7) is 0.845. The van der Waals surface area contributed by atoms with Gasteiger partial charge in [-0.25, -0.2) is 0 Å². The van der Waals surface area contributed by atoms with Crippen molar-refractivity contribution in [3.05, 3.63) is 71.8 Å². The normalized spacial score (nSPS) is 23.9. The Bertz CT molecular complexity index is 947. The molecule has 4 atom stereocenters. The number of alkyl halides is 6. The average Bonchev–Trinajstić information content (AvgIpc) is 2.89. The van der Waals surface area contributed by atoms with Gasteiger partial charge < -0.3 is 4.74 Å². The zero-order valence-corrected chi connectivity index (χ0v) is 23.4. The highest BCUT2D eigenvalue weighted by atomic mass is 35.5. The van der Waals surface area contributed by atoms with Gasteiger partial charge in [-0.3, -0.25) is 19.6 Å². The lowest BCUT2D eigenvalue weighted by atomic mass is 10.0. The molecule has 0 amide bonds. The Labute approximate surface area is 238 Å². The minimum absolute atomic E-state index is 0. The predicted molar refractivity (Wildman–Crippen MR) is 145 cm³/mol. The number of hydrogen-bond donors (Lipinski definition) is 0. The van der Waals surface area contributed by atoms with Crippen LogP contribution in [-0.4, -0.2) is 111 Å². The number of rotatable bonds is 8. The van der Waals surface area contributed by atoms with Crippen LogP contribution in [0.2, 0.25) is 0 Å². The van der Waals surface area contributed by atoms with Gasteiger partial charge in [0.05, 0.1) is 0 Å². The van der Waals surface area contributed by atoms with E-state index in [0.29, 0.717) is 26.2 Å². The molecule has 0 saturated carbocycles. The van der Waals surface area contributed by atoms with Gasteiger partial charge in [0.15, 0.2) is 12.2 Å². The van der Waals surface area contributed by atoms with Gasteiger partial charge in [0, 0.05) is 64.4 Å². The molecule has 0 bridgehead atoms. The molecule has 12 heteroatoms. The van der Waals surface area contributed by atoms with Crippen molar-refractivity contribution in [3.8, 4) is 0 Å². The molecule has 2 heterocycles. The van der Waals surface area contributed by atoms with Gasteiger partial charge in [-0.05, 0) is 25.2 Å². The first-order valence-electron chi connectivity index (χ1n) is 13.2. The van der Waals surface area contributed by atoms with Crippen molar-refractivity contribution in [1.29, 1.82) is 0 Å². The van der Waals surface area contributed by atoms with Gasteiger partial charge in [-0.15, -0.1) is 12.4 Å². The molecular formula is C28H37ClF6N4O. The van der Waals surface area contributed by atoms with Crippen molar-refractivity contribution in [3.63, 3.8) is 0 Å². The largest absolute Gasteiger partial charge is 0.415 e. The summed E-state index contributed by atoms with van der Waals surface area (Å²) >= 11 is 0. The summed E-state index contributed by atoms with van der Waals surface area (Å²) in [6, 6.07) is 18.4. The summed E-state index contributed by atoms with van der Waals surface area (Å²) in [4.78, 5) is 7.21. The van der Waals surface area contributed by atoms with Crippen LogP contribution >= 0.6 is 12.4 Å². The van der Waals surface area contributed by atoms with E-state index in [1.165, 1.54) is 0 Å². The highest BCUT2D eigenvalue weighted by molar-refractivity contribution is 5.85. The topological polar surface area (TPSA) is 22.2 Å². The second-order valence-electron chi connectivity index (χ2n) is 10.5. The number of hydrogen-bond acceptors (Lipinski definition) is 5. The lowest BCUT2D eigenvalue weighted by Crippen LogP contribution is -2.55. The first-order chi connectivity index (χ1) is 18.4. The van der Waals surface area contributed by atoms with Crippen LogP contribution < -0.4 is 0 Å². The summed E-state index contributed by atoms with van der Waals surface area (Å²) in [5.74, 6) is 0. The van der Waals surface area contributed by atoms with E-state index in [9.17, 15) is 26.3 Å². The van der Waals surface area contributed by atoms with Crippen LogP contribution in [0.15, 0.2) is 60.7 Å². The van der Waals surface area contributed by atoms with Gasteiger partial charge in [0.1, 0.15) is 0 Å². The van der Waals surface area contributed by atoms with Crippen LogP contribution in [0, 0.1) is 0 Å². The number of nitrogens with zero attached hydrogens (tertiary/aromatic N) is 4. The van der Waals surface area contributed by atoms with Crippen molar-refractivity contribution < 1.29 is 31.1 Å². The Hall–Kier alpha value is -1.89. The molecule has 0 aliphatic carbocycles. The van der Waals surface area contributed by atoms with Crippen molar-refractivity contribution in [2.75, 3.05) is 66.5 Å². The lowest BCUT2D eigenvalue weighted by Gasteiger charge is -2.43. The number of likely N-dealkylation sites (N-methyl/N-ethyl adjacent to an activating group) is 2. The zero-order chi connectivity index (χ0) is 28.2. The fraction of sp³-hybridized carbons (Fsp3) is 0.571. The van der Waals surface area contributed by atoms with E-state index in [2.05, 4.69) is 0 Å². The van der Waals surface area contributed by atoms with Crippen LogP contribution in [-0.2, 0) is 4.74 Å². The summed E-state index contributed by atoms with van der Waals surface area (Å²) in [7, 11) is 3.79. The smallest absolute Gasteiger partial charge is 0.353 e. The van der Waals surface area contributed by atoms with E-state index in [-0.39, 0.29) is 37.6 Å². The summed E-state index contributed by atoms with van der Waals surface area (Å²) in [6.07, 6.45) is -15.0. The predicted octanol–water partition coefficient (Wildman–Crippen LogP) is 5.26. The molecule has 0 radical (unpaired) electrons. The third-order valence-electron chi connectivity index (χ3n) is 7.74. The fourth-order valence-corrected chi connectivity index (χ4v) is 5.38. The van der Waals surface area contributed by atoms with Gasteiger partial charge in [-0.1, -0.05) is 60.7 Å². The molecule has 40 heavy (non-hydrogen) atoms. The third-order valence-corrected chi connectivity index (χ3v) is 7.74. The molecule has 2 unspecified atom stereocenters. The summed E-state index contributed by atoms with van der Waals surface area (Å²) < 4.78 is 89.5. The van der Waals surface area contributed by atoms with E-state index in [4.69, 9.17) is 4.74 Å². The molecule has 0 spiro atoms. The standard InChI is InChI=1S/C28H36F6N4O.ClH/c1-35-13-15-37(17-23(35)21-9-5-3-6-10-21)19-25(27(29,30)31)39-26(28(32,33)34)20-38-16-14-36(2)24(18-38)22-11-7-4-8-12-22;/h3-12,23-26H,13-20H2,1-2H3;1H/t23?,24?,25-,26-;/m0./s1. The number of piperazine rings is 2. The van der Waals surface area contributed by atoms with Crippen molar-refractivity contribution >= 4 is 12.4 Å². The quantitative estimate of drug-likeness (QED) is 0.388. The molecule has 224 valence electrons. The van der Waals surface area contributed by atoms with Gasteiger partial charge in [-0.2, -0.15) is 26.3 Å². The number of benzene rings is 2. The first-order valence-corrected chi connectivity index (χ1v) is 13.2. The van der Waals surface area contributed by atoms with Crippen molar-refractivity contribution in [1.82, 2.24) is 19.6 Å². The molecule has 2 saturated heterocycles. The minimum atomic E-state index is -4.94. The molecule has 2 aromatic carbocycles. The van der Waals surface area contributed by atoms with E-state index in [0.717, 1.165) is 11.1 Å². The Morgan fingerprint density at radius 2 is 1.00 bits per heavy atom. The highest BCUT2D eigenvalue weighted by Crippen LogP contribution is 2.33. The maximum Gasteiger partial charge on any atom is 0.415 e. The van der Waals surface area contributed by atoms with Gasteiger partial charge in [0.2, 0.25) is 0 Å². The second-order valence-corrected chi connectivity index (χ2v) is 10.5. The molecule has 0 N–H and O–H groups in total. The van der Waals surface area contributed by atoms with Crippen LogP contribution in [0.5, 0.6) is 0 Å². The number of halogens is 7. The SMILES string of the molecule is CN1CCN(C[C@H](O[C@@H](CN2CCN(C)C(c3ccccc3)C2)C(F)(F)F)C(F)(F)F)CC1c1ccccc1.Cl. The van der Waals surface area contributed by atoms with E-state index in [1.54, 1.807) is 9.80 Å². The Kier molecular flexibility index (Phi) is 11.3. The van der Waals surface area contributed by atoms with Gasteiger partial charge in [0.25, 0.3) is 0 Å². The maximum absolute atomic E-state index is 14.1. The second kappa shape index (κ2) is 13.8. The Morgan fingerprint density at radius 1 is 0.650 bits per heavy atom. The molecule has 2 aliphatic heterocycles. The molecule has 2 aliphatic rings. The summed E-state index contributed by atoms with van der Waals surface area (Å²) in [5.41, 5.74) is 1.90. The van der Waals surface area contributed by atoms with Crippen LogP contribution in [0.3, 0.4) is 0 Å². The van der Waals surface area contributed by atoms with E-state index < -0.39 is 37.7 Å². The zero-order valence-electron chi connectivity index (χ0n) is 22.6. The molecule has 5 nitrogen and oxygen atoms in total. The van der Waals surface area contributed by atoms with E-state index in [1.807, 2.05) is 84.6 Å². The molecular weight excluding hydrogens is 558 g/mol. The molecule has 4 rings (SSSR count). The fourth-order valence-electron chi connectivity index (χ4n) is 5.38. The van der Waals surface area contributed by atoms with E-state index >= 15 is 0 Å². The van der Waals surface area contributed by atoms with Crippen LogP contribution in [0.4, 0.5) is 26.3 Å². The third kappa shape index (κ3) is 8.56. The Balaban J connectivity index is 0.00000441. The highest BCUT2D eigenvalue weighted by Gasteiger charge is 2.50. The molecule has 2 fully saturated rings. The monoisotopic (exact) mass is 594 g/mol. The molecule has 0 aromatic heterocycles. The minimum Gasteiger partial charge on any atom is -0.353 e.